The van der Waals surface area contributed by atoms with Crippen molar-refractivity contribution < 1.29 is 14.3 Å². The third kappa shape index (κ3) is 4.70. The number of likely N-dealkylation sites (tertiary alicyclic amines) is 1. The van der Waals surface area contributed by atoms with E-state index < -0.39 is 0 Å². The van der Waals surface area contributed by atoms with E-state index in [1.165, 1.54) is 0 Å². The third-order valence-corrected chi connectivity index (χ3v) is 4.93. The topological polar surface area (TPSA) is 58.6 Å². The predicted molar refractivity (Wildman–Crippen MR) is 92.4 cm³/mol. The number of amides is 2. The number of hydrogen-bond donors (Lipinski definition) is 1. The first-order valence-corrected chi connectivity index (χ1v) is 8.66. The zero-order valence-corrected chi connectivity index (χ0v) is 15.2. The fourth-order valence-electron chi connectivity index (χ4n) is 2.87. The van der Waals surface area contributed by atoms with Crippen LogP contribution in [0.25, 0.3) is 0 Å². The van der Waals surface area contributed by atoms with Gasteiger partial charge in [-0.2, -0.15) is 0 Å². The molecule has 0 bridgehead atoms. The molecule has 126 valence electrons. The molecule has 0 saturated carbocycles. The highest BCUT2D eigenvalue weighted by atomic mass is 79.9. The molecular formula is C17H23BrN2O3. The van der Waals surface area contributed by atoms with E-state index in [2.05, 4.69) is 21.2 Å². The van der Waals surface area contributed by atoms with Gasteiger partial charge in [-0.3, -0.25) is 9.59 Å². The summed E-state index contributed by atoms with van der Waals surface area (Å²) in [4.78, 5) is 25.8. The Morgan fingerprint density at radius 3 is 2.61 bits per heavy atom. The summed E-state index contributed by atoms with van der Waals surface area (Å²) in [7, 11) is 3.29. The lowest BCUT2D eigenvalue weighted by atomic mass is 9.95. The molecule has 1 aliphatic rings. The number of carbonyl (C=O) groups is 2. The van der Waals surface area contributed by atoms with Crippen molar-refractivity contribution in [2.75, 3.05) is 27.2 Å². The summed E-state index contributed by atoms with van der Waals surface area (Å²) < 4.78 is 6.10. The second-order valence-electron chi connectivity index (χ2n) is 5.74. The average molecular weight is 383 g/mol. The number of nitrogens with zero attached hydrogens (tertiary/aromatic N) is 1. The zero-order chi connectivity index (χ0) is 16.8. The van der Waals surface area contributed by atoms with Crippen LogP contribution < -0.4 is 10.1 Å². The highest BCUT2D eigenvalue weighted by molar-refractivity contribution is 9.10. The lowest BCUT2D eigenvalue weighted by Gasteiger charge is -2.31. The molecule has 1 aromatic rings. The Bertz CT molecular complexity index is 569. The maximum atomic E-state index is 12.3. The molecule has 1 aromatic carbocycles. The van der Waals surface area contributed by atoms with Crippen molar-refractivity contribution in [2.24, 2.45) is 5.92 Å². The van der Waals surface area contributed by atoms with Gasteiger partial charge in [0.2, 0.25) is 11.8 Å². The van der Waals surface area contributed by atoms with Crippen molar-refractivity contribution in [3.8, 4) is 5.75 Å². The number of nitrogens with one attached hydrogen (secondary N) is 1. The van der Waals surface area contributed by atoms with Gasteiger partial charge in [0.25, 0.3) is 0 Å². The van der Waals surface area contributed by atoms with Crippen LogP contribution in [0.1, 0.15) is 24.8 Å². The standard InChI is InChI=1S/C17H23BrN2O3/c1-19-17(22)13-7-9-20(10-8-13)16(21)6-4-12-3-5-15(23-2)14(18)11-12/h3,5,11,13H,4,6-10H2,1-2H3,(H,19,22). The number of halogens is 1. The lowest BCUT2D eigenvalue weighted by Crippen LogP contribution is -2.42. The van der Waals surface area contributed by atoms with E-state index >= 15 is 0 Å². The van der Waals surface area contributed by atoms with Crippen LogP contribution in [-0.2, 0) is 16.0 Å². The monoisotopic (exact) mass is 382 g/mol. The molecule has 0 unspecified atom stereocenters. The second-order valence-corrected chi connectivity index (χ2v) is 6.59. The van der Waals surface area contributed by atoms with Crippen LogP contribution in [0.2, 0.25) is 0 Å². The maximum Gasteiger partial charge on any atom is 0.222 e. The third-order valence-electron chi connectivity index (χ3n) is 4.31. The van der Waals surface area contributed by atoms with Gasteiger partial charge in [0.15, 0.2) is 0 Å². The van der Waals surface area contributed by atoms with Gasteiger partial charge in [-0.25, -0.2) is 0 Å². The summed E-state index contributed by atoms with van der Waals surface area (Å²) in [6.07, 6.45) is 2.69. The van der Waals surface area contributed by atoms with Gasteiger partial charge in [0.1, 0.15) is 5.75 Å². The van der Waals surface area contributed by atoms with Gasteiger partial charge < -0.3 is 15.0 Å². The fourth-order valence-corrected chi connectivity index (χ4v) is 3.46. The van der Waals surface area contributed by atoms with Gasteiger partial charge in [-0.15, -0.1) is 0 Å². The number of aryl methyl sites for hydroxylation is 1. The molecule has 23 heavy (non-hydrogen) atoms. The van der Waals surface area contributed by atoms with Crippen molar-refractivity contribution in [3.63, 3.8) is 0 Å². The van der Waals surface area contributed by atoms with Crippen LogP contribution >= 0.6 is 15.9 Å². The van der Waals surface area contributed by atoms with Crippen LogP contribution in [-0.4, -0.2) is 44.0 Å². The molecule has 1 aliphatic heterocycles. The number of benzene rings is 1. The summed E-state index contributed by atoms with van der Waals surface area (Å²) in [5, 5.41) is 2.68. The van der Waals surface area contributed by atoms with Crippen molar-refractivity contribution in [2.45, 2.75) is 25.7 Å². The smallest absolute Gasteiger partial charge is 0.222 e. The number of piperidine rings is 1. The summed E-state index contributed by atoms with van der Waals surface area (Å²) in [5.41, 5.74) is 1.10. The Balaban J connectivity index is 1.82. The molecular weight excluding hydrogens is 360 g/mol. The molecule has 6 heteroatoms. The number of carbonyl (C=O) groups excluding carboxylic acids is 2. The van der Waals surface area contributed by atoms with Crippen molar-refractivity contribution >= 4 is 27.7 Å². The van der Waals surface area contributed by atoms with Crippen LogP contribution in [0.15, 0.2) is 22.7 Å². The molecule has 1 heterocycles. The summed E-state index contributed by atoms with van der Waals surface area (Å²) >= 11 is 3.46. The predicted octanol–water partition coefficient (Wildman–Crippen LogP) is 2.37. The van der Waals surface area contributed by atoms with Crippen LogP contribution in [0.4, 0.5) is 0 Å². The summed E-state index contributed by atoms with van der Waals surface area (Å²) in [6, 6.07) is 5.87. The summed E-state index contributed by atoms with van der Waals surface area (Å²) in [6.45, 7) is 1.34. The molecule has 0 atom stereocenters. The first kappa shape index (κ1) is 17.8. The molecule has 0 radical (unpaired) electrons. The zero-order valence-electron chi connectivity index (χ0n) is 13.6. The number of ether oxygens (including phenoxy) is 1. The Morgan fingerprint density at radius 1 is 1.35 bits per heavy atom. The van der Waals surface area contributed by atoms with E-state index in [0.29, 0.717) is 25.9 Å². The fraction of sp³-hybridized carbons (Fsp3) is 0.529. The van der Waals surface area contributed by atoms with Crippen molar-refractivity contribution in [1.82, 2.24) is 10.2 Å². The summed E-state index contributed by atoms with van der Waals surface area (Å²) in [5.74, 6) is 1.07. The SMILES string of the molecule is CNC(=O)C1CCN(C(=O)CCc2ccc(OC)c(Br)c2)CC1. The first-order chi connectivity index (χ1) is 11.0. The van der Waals surface area contributed by atoms with Gasteiger partial charge in [-0.05, 0) is 52.9 Å². The van der Waals surface area contributed by atoms with E-state index in [9.17, 15) is 9.59 Å². The Kier molecular flexibility index (Phi) is 6.45. The Hall–Kier alpha value is -1.56. The molecule has 5 nitrogen and oxygen atoms in total. The molecule has 0 aliphatic carbocycles. The van der Waals surface area contributed by atoms with Gasteiger partial charge in [0, 0.05) is 32.5 Å². The molecule has 1 N–H and O–H groups in total. The molecule has 0 spiro atoms. The van der Waals surface area contributed by atoms with Crippen LogP contribution in [0.3, 0.4) is 0 Å². The largest absolute Gasteiger partial charge is 0.496 e. The molecule has 2 amide bonds. The Labute approximate surface area is 145 Å². The molecule has 2 rings (SSSR count). The van der Waals surface area contributed by atoms with E-state index in [1.807, 2.05) is 23.1 Å². The quantitative estimate of drug-likeness (QED) is 0.850. The van der Waals surface area contributed by atoms with E-state index in [0.717, 1.165) is 28.6 Å². The molecule has 0 aromatic heterocycles. The normalized spacial score (nSPS) is 15.3. The minimum Gasteiger partial charge on any atom is -0.496 e. The lowest BCUT2D eigenvalue weighted by molar-refractivity contribution is -0.135. The number of hydrogen-bond acceptors (Lipinski definition) is 3. The first-order valence-electron chi connectivity index (χ1n) is 7.87. The minimum absolute atomic E-state index is 0.0431. The van der Waals surface area contributed by atoms with Crippen LogP contribution in [0, 0.1) is 5.92 Å². The van der Waals surface area contributed by atoms with E-state index in [4.69, 9.17) is 4.74 Å². The van der Waals surface area contributed by atoms with Gasteiger partial charge >= 0.3 is 0 Å². The minimum atomic E-state index is 0.0431. The van der Waals surface area contributed by atoms with E-state index in [-0.39, 0.29) is 17.7 Å². The van der Waals surface area contributed by atoms with E-state index in [1.54, 1.807) is 14.2 Å². The maximum absolute atomic E-state index is 12.3. The molecule has 1 saturated heterocycles. The average Bonchev–Trinajstić information content (AvgIpc) is 2.59. The number of methoxy groups -OCH3 is 1. The highest BCUT2D eigenvalue weighted by Crippen LogP contribution is 2.26. The number of rotatable bonds is 5. The Morgan fingerprint density at radius 2 is 2.04 bits per heavy atom. The van der Waals surface area contributed by atoms with Crippen LogP contribution in [0.5, 0.6) is 5.75 Å². The van der Waals surface area contributed by atoms with Gasteiger partial charge in [-0.1, -0.05) is 6.07 Å². The molecule has 1 fully saturated rings. The van der Waals surface area contributed by atoms with Gasteiger partial charge in [0.05, 0.1) is 11.6 Å². The highest BCUT2D eigenvalue weighted by Gasteiger charge is 2.26. The second kappa shape index (κ2) is 8.34. The van der Waals surface area contributed by atoms with Crippen molar-refractivity contribution in [1.29, 1.82) is 0 Å². The van der Waals surface area contributed by atoms with Crippen molar-refractivity contribution in [3.05, 3.63) is 28.2 Å².